The van der Waals surface area contributed by atoms with E-state index in [-0.39, 0.29) is 0 Å². The summed E-state index contributed by atoms with van der Waals surface area (Å²) in [4.78, 5) is 0. The van der Waals surface area contributed by atoms with E-state index in [0.29, 0.717) is 6.04 Å². The molecule has 62 valence electrons. The zero-order valence-electron chi connectivity index (χ0n) is 6.93. The Balaban J connectivity index is 2.95. The van der Waals surface area contributed by atoms with Gasteiger partial charge in [-0.25, -0.2) is 0 Å². The summed E-state index contributed by atoms with van der Waals surface area (Å²) >= 11 is 3.35. The third kappa shape index (κ3) is 1.74. The smallest absolute Gasteiger partial charge is 0.151 e. The first-order valence-electron chi connectivity index (χ1n) is 3.57. The van der Waals surface area contributed by atoms with Crippen molar-refractivity contribution in [3.8, 4) is 0 Å². The van der Waals surface area contributed by atoms with Crippen LogP contribution in [-0.2, 0) is 0 Å². The van der Waals surface area contributed by atoms with E-state index in [1.54, 1.807) is 0 Å². The van der Waals surface area contributed by atoms with E-state index in [1.807, 2.05) is 17.9 Å². The molecule has 0 atom stereocenters. The highest BCUT2D eigenvalue weighted by atomic mass is 79.9. The molecule has 1 aromatic heterocycles. The van der Waals surface area contributed by atoms with Gasteiger partial charge in [-0.2, -0.15) is 5.10 Å². The van der Waals surface area contributed by atoms with Gasteiger partial charge in [-0.15, -0.1) is 0 Å². The molecule has 1 rings (SSSR count). The highest BCUT2D eigenvalue weighted by Gasteiger charge is 2.05. The van der Waals surface area contributed by atoms with Gasteiger partial charge in [0.15, 0.2) is 4.60 Å². The summed E-state index contributed by atoms with van der Waals surface area (Å²) in [5.41, 5.74) is 1.03. The molecular formula is C7H12BrN3. The molecule has 3 nitrogen and oxygen atoms in total. The van der Waals surface area contributed by atoms with Crippen LogP contribution >= 0.6 is 15.9 Å². The lowest BCUT2D eigenvalue weighted by Crippen LogP contribution is -2.00. The van der Waals surface area contributed by atoms with Crippen LogP contribution in [0, 0.1) is 0 Å². The summed E-state index contributed by atoms with van der Waals surface area (Å²) in [6, 6.07) is 0.411. The third-order valence-electron chi connectivity index (χ3n) is 1.49. The summed E-state index contributed by atoms with van der Waals surface area (Å²) in [5.74, 6) is 0. The van der Waals surface area contributed by atoms with E-state index in [0.717, 1.165) is 10.3 Å². The minimum atomic E-state index is 0.411. The molecule has 0 aliphatic rings. The lowest BCUT2D eigenvalue weighted by molar-refractivity contribution is 0.530. The van der Waals surface area contributed by atoms with E-state index < -0.39 is 0 Å². The summed E-state index contributed by atoms with van der Waals surface area (Å²) in [5, 5.41) is 7.29. The molecule has 0 aromatic carbocycles. The Labute approximate surface area is 74.9 Å². The van der Waals surface area contributed by atoms with E-state index >= 15 is 0 Å². The molecule has 11 heavy (non-hydrogen) atoms. The van der Waals surface area contributed by atoms with E-state index in [2.05, 4.69) is 40.2 Å². The minimum Gasteiger partial charge on any atom is -0.385 e. The molecule has 0 unspecified atom stereocenters. The van der Waals surface area contributed by atoms with Crippen molar-refractivity contribution in [3.05, 3.63) is 10.8 Å². The Morgan fingerprint density at radius 2 is 2.27 bits per heavy atom. The first-order valence-corrected chi connectivity index (χ1v) is 4.37. The van der Waals surface area contributed by atoms with Gasteiger partial charge in [0.2, 0.25) is 0 Å². The van der Waals surface area contributed by atoms with Crippen molar-refractivity contribution >= 4 is 21.6 Å². The van der Waals surface area contributed by atoms with Crippen molar-refractivity contribution in [2.45, 2.75) is 19.9 Å². The van der Waals surface area contributed by atoms with Gasteiger partial charge >= 0.3 is 0 Å². The number of nitrogens with zero attached hydrogens (tertiary/aromatic N) is 2. The van der Waals surface area contributed by atoms with Gasteiger partial charge in [0.25, 0.3) is 0 Å². The molecule has 0 saturated carbocycles. The molecule has 0 bridgehead atoms. The van der Waals surface area contributed by atoms with Crippen LogP contribution in [0.15, 0.2) is 10.8 Å². The summed E-state index contributed by atoms with van der Waals surface area (Å²) < 4.78 is 2.78. The van der Waals surface area contributed by atoms with Crippen LogP contribution in [0.3, 0.4) is 0 Å². The number of hydrogen-bond donors (Lipinski definition) is 1. The SMILES string of the molecule is CNc1cn(C(C)C)nc1Br. The van der Waals surface area contributed by atoms with Crippen LogP contribution in [-0.4, -0.2) is 16.8 Å². The fraction of sp³-hybridized carbons (Fsp3) is 0.571. The fourth-order valence-corrected chi connectivity index (χ4v) is 1.29. The third-order valence-corrected chi connectivity index (χ3v) is 2.07. The maximum absolute atomic E-state index is 4.25. The molecule has 0 saturated heterocycles. The van der Waals surface area contributed by atoms with Crippen LogP contribution in [0.25, 0.3) is 0 Å². The van der Waals surface area contributed by atoms with Crippen LogP contribution < -0.4 is 5.32 Å². The predicted molar refractivity (Wildman–Crippen MR) is 49.9 cm³/mol. The second-order valence-corrected chi connectivity index (χ2v) is 3.41. The first-order chi connectivity index (χ1) is 5.15. The quantitative estimate of drug-likeness (QED) is 0.825. The van der Waals surface area contributed by atoms with Crippen molar-refractivity contribution < 1.29 is 0 Å². The van der Waals surface area contributed by atoms with Gasteiger partial charge in [0, 0.05) is 19.3 Å². The minimum absolute atomic E-state index is 0.411. The van der Waals surface area contributed by atoms with E-state index in [9.17, 15) is 0 Å². The van der Waals surface area contributed by atoms with Crippen molar-refractivity contribution in [1.82, 2.24) is 9.78 Å². The molecule has 0 aliphatic heterocycles. The van der Waals surface area contributed by atoms with Gasteiger partial charge in [-0.3, -0.25) is 4.68 Å². The fourth-order valence-electron chi connectivity index (χ4n) is 0.802. The molecule has 0 amide bonds. The Hall–Kier alpha value is -0.510. The van der Waals surface area contributed by atoms with Crippen LogP contribution in [0.1, 0.15) is 19.9 Å². The maximum Gasteiger partial charge on any atom is 0.151 e. The van der Waals surface area contributed by atoms with Crippen LogP contribution in [0.4, 0.5) is 5.69 Å². The number of rotatable bonds is 2. The second-order valence-electron chi connectivity index (χ2n) is 2.66. The molecule has 1 N–H and O–H groups in total. The zero-order chi connectivity index (χ0) is 8.43. The second kappa shape index (κ2) is 3.26. The molecule has 0 spiro atoms. The molecule has 4 heteroatoms. The zero-order valence-corrected chi connectivity index (χ0v) is 8.51. The first kappa shape index (κ1) is 8.59. The van der Waals surface area contributed by atoms with Gasteiger partial charge in [0.05, 0.1) is 5.69 Å². The van der Waals surface area contributed by atoms with Crippen molar-refractivity contribution in [1.29, 1.82) is 0 Å². The predicted octanol–water partition coefficient (Wildman–Crippen LogP) is 2.27. The number of aromatic nitrogens is 2. The summed E-state index contributed by atoms with van der Waals surface area (Å²) in [7, 11) is 1.88. The highest BCUT2D eigenvalue weighted by Crippen LogP contribution is 2.20. The molecule has 0 aliphatic carbocycles. The number of anilines is 1. The monoisotopic (exact) mass is 217 g/mol. The molecular weight excluding hydrogens is 206 g/mol. The Morgan fingerprint density at radius 3 is 2.55 bits per heavy atom. The normalized spacial score (nSPS) is 10.6. The van der Waals surface area contributed by atoms with Gasteiger partial charge < -0.3 is 5.32 Å². The van der Waals surface area contributed by atoms with Crippen LogP contribution in [0.2, 0.25) is 0 Å². The number of hydrogen-bond acceptors (Lipinski definition) is 2. The Bertz CT molecular complexity index is 242. The largest absolute Gasteiger partial charge is 0.385 e. The average molecular weight is 218 g/mol. The topological polar surface area (TPSA) is 29.9 Å². The van der Waals surface area contributed by atoms with E-state index in [1.165, 1.54) is 0 Å². The number of nitrogens with one attached hydrogen (secondary N) is 1. The summed E-state index contributed by atoms with van der Waals surface area (Å²) in [6.45, 7) is 4.19. The number of halogens is 1. The Kier molecular flexibility index (Phi) is 2.54. The highest BCUT2D eigenvalue weighted by molar-refractivity contribution is 9.10. The van der Waals surface area contributed by atoms with Crippen molar-refractivity contribution in [3.63, 3.8) is 0 Å². The lowest BCUT2D eigenvalue weighted by Gasteiger charge is -2.02. The lowest BCUT2D eigenvalue weighted by atomic mass is 10.4. The molecule has 1 aromatic rings. The summed E-state index contributed by atoms with van der Waals surface area (Å²) in [6.07, 6.45) is 1.98. The Morgan fingerprint density at radius 1 is 1.64 bits per heavy atom. The van der Waals surface area contributed by atoms with Gasteiger partial charge in [-0.05, 0) is 29.8 Å². The average Bonchev–Trinajstić information content (AvgIpc) is 2.31. The molecule has 1 heterocycles. The maximum atomic E-state index is 4.25. The molecule has 0 fully saturated rings. The molecule has 0 radical (unpaired) electrons. The van der Waals surface area contributed by atoms with Crippen LogP contribution in [0.5, 0.6) is 0 Å². The van der Waals surface area contributed by atoms with Crippen molar-refractivity contribution in [2.24, 2.45) is 0 Å². The van der Waals surface area contributed by atoms with Gasteiger partial charge in [-0.1, -0.05) is 0 Å². The van der Waals surface area contributed by atoms with Crippen molar-refractivity contribution in [2.75, 3.05) is 12.4 Å². The van der Waals surface area contributed by atoms with Gasteiger partial charge in [0.1, 0.15) is 0 Å². The standard InChI is InChI=1S/C7H12BrN3/c1-5(2)11-4-6(9-3)7(8)10-11/h4-5,9H,1-3H3. The van der Waals surface area contributed by atoms with E-state index in [4.69, 9.17) is 0 Å².